The fraction of sp³-hybridized carbons (Fsp3) is 0.385. The molecule has 0 spiro atoms. The highest BCUT2D eigenvalue weighted by Crippen LogP contribution is 2.34. The average molecular weight is 352 g/mol. The molecule has 5 nitrogen and oxygen atoms in total. The van der Waals surface area contributed by atoms with Crippen LogP contribution in [0.1, 0.15) is 13.3 Å². The van der Waals surface area contributed by atoms with Crippen LogP contribution in [0.4, 0.5) is 10.5 Å². The molecule has 1 aromatic rings. The minimum atomic E-state index is -0.918. The number of nitrogens with one attached hydrogen (secondary N) is 1. The van der Waals surface area contributed by atoms with E-state index in [1.54, 1.807) is 6.92 Å². The van der Waals surface area contributed by atoms with E-state index in [4.69, 9.17) is 39.9 Å². The first-order chi connectivity index (χ1) is 9.73. The second-order valence-electron chi connectivity index (χ2n) is 5.21. The zero-order chi connectivity index (χ0) is 15.8. The number of nitrogens with zero attached hydrogens (tertiary/aromatic N) is 1. The average Bonchev–Trinajstić information content (AvgIpc) is 2.80. The molecule has 8 heteroatoms. The lowest BCUT2D eigenvalue weighted by atomic mass is 9.90. The lowest BCUT2D eigenvalue weighted by molar-refractivity contribution is -0.146. The molecule has 1 fully saturated rings. The normalized spacial score (nSPS) is 21.4. The molecule has 1 aliphatic rings. The van der Waals surface area contributed by atoms with E-state index in [1.165, 1.54) is 17.0 Å². The summed E-state index contributed by atoms with van der Waals surface area (Å²) >= 11 is 17.7. The van der Waals surface area contributed by atoms with E-state index < -0.39 is 17.4 Å². The smallest absolute Gasteiger partial charge is 0.321 e. The first kappa shape index (κ1) is 16.2. The van der Waals surface area contributed by atoms with E-state index >= 15 is 0 Å². The quantitative estimate of drug-likeness (QED) is 0.792. The van der Waals surface area contributed by atoms with E-state index in [9.17, 15) is 9.59 Å². The summed E-state index contributed by atoms with van der Waals surface area (Å²) in [6, 6.07) is 2.48. The summed E-state index contributed by atoms with van der Waals surface area (Å²) in [7, 11) is 0. The van der Waals surface area contributed by atoms with E-state index in [0.717, 1.165) is 0 Å². The minimum Gasteiger partial charge on any atom is -0.481 e. The fourth-order valence-electron chi connectivity index (χ4n) is 2.12. The zero-order valence-corrected chi connectivity index (χ0v) is 13.4. The molecule has 0 aliphatic carbocycles. The predicted molar refractivity (Wildman–Crippen MR) is 82.4 cm³/mol. The third-order valence-electron chi connectivity index (χ3n) is 3.53. The highest BCUT2D eigenvalue weighted by atomic mass is 35.5. The van der Waals surface area contributed by atoms with Crippen LogP contribution in [0.15, 0.2) is 12.1 Å². The summed E-state index contributed by atoms with van der Waals surface area (Å²) in [5.41, 5.74) is -0.585. The van der Waals surface area contributed by atoms with Gasteiger partial charge in [-0.3, -0.25) is 4.79 Å². The van der Waals surface area contributed by atoms with Crippen LogP contribution in [-0.4, -0.2) is 35.1 Å². The highest BCUT2D eigenvalue weighted by molar-refractivity contribution is 6.44. The maximum absolute atomic E-state index is 12.2. The Morgan fingerprint density at radius 3 is 2.43 bits per heavy atom. The van der Waals surface area contributed by atoms with Crippen molar-refractivity contribution in [3.63, 3.8) is 0 Å². The topological polar surface area (TPSA) is 69.6 Å². The van der Waals surface area contributed by atoms with Crippen molar-refractivity contribution in [2.24, 2.45) is 5.41 Å². The number of hydrogen-bond acceptors (Lipinski definition) is 2. The lowest BCUT2D eigenvalue weighted by Crippen LogP contribution is -2.37. The molecular weight excluding hydrogens is 339 g/mol. The van der Waals surface area contributed by atoms with Gasteiger partial charge in [0.05, 0.1) is 26.2 Å². The Kier molecular flexibility index (Phi) is 4.56. The summed E-state index contributed by atoms with van der Waals surface area (Å²) < 4.78 is 0. The van der Waals surface area contributed by atoms with Crippen molar-refractivity contribution in [3.8, 4) is 0 Å². The fourth-order valence-corrected chi connectivity index (χ4v) is 2.72. The number of benzene rings is 1. The minimum absolute atomic E-state index is 0.146. The van der Waals surface area contributed by atoms with E-state index in [0.29, 0.717) is 23.7 Å². The molecule has 0 aromatic heterocycles. The molecule has 21 heavy (non-hydrogen) atoms. The number of carbonyl (C=O) groups excluding carboxylic acids is 1. The first-order valence-electron chi connectivity index (χ1n) is 6.17. The van der Waals surface area contributed by atoms with Crippen LogP contribution >= 0.6 is 34.8 Å². The number of urea groups is 1. The maximum Gasteiger partial charge on any atom is 0.321 e. The van der Waals surface area contributed by atoms with Gasteiger partial charge in [0.1, 0.15) is 0 Å². The molecule has 0 bridgehead atoms. The molecule has 0 radical (unpaired) electrons. The Morgan fingerprint density at radius 2 is 1.86 bits per heavy atom. The van der Waals surface area contributed by atoms with Crippen LogP contribution in [0.5, 0.6) is 0 Å². The van der Waals surface area contributed by atoms with Crippen molar-refractivity contribution in [2.75, 3.05) is 18.4 Å². The summed E-state index contributed by atoms with van der Waals surface area (Å²) in [6.45, 7) is 2.13. The van der Waals surface area contributed by atoms with Gasteiger partial charge in [-0.1, -0.05) is 34.8 Å². The van der Waals surface area contributed by atoms with Crippen LogP contribution in [0, 0.1) is 5.41 Å². The van der Waals surface area contributed by atoms with Gasteiger partial charge >= 0.3 is 12.0 Å². The SMILES string of the molecule is CC1(C(=O)O)CCN(C(=O)Nc2cc(Cl)c(Cl)cc2Cl)C1. The Labute approximate surface area is 136 Å². The Morgan fingerprint density at radius 1 is 1.24 bits per heavy atom. The Balaban J connectivity index is 2.10. The molecule has 1 saturated heterocycles. The van der Waals surface area contributed by atoms with Gasteiger partial charge in [-0.25, -0.2) is 4.79 Å². The van der Waals surface area contributed by atoms with Gasteiger partial charge in [-0.2, -0.15) is 0 Å². The van der Waals surface area contributed by atoms with Crippen molar-refractivity contribution in [3.05, 3.63) is 27.2 Å². The van der Waals surface area contributed by atoms with Crippen LogP contribution < -0.4 is 5.32 Å². The number of likely N-dealkylation sites (tertiary alicyclic amines) is 1. The van der Waals surface area contributed by atoms with Crippen LogP contribution in [0.2, 0.25) is 15.1 Å². The monoisotopic (exact) mass is 350 g/mol. The van der Waals surface area contributed by atoms with Crippen molar-refractivity contribution >= 4 is 52.5 Å². The van der Waals surface area contributed by atoms with Crippen molar-refractivity contribution in [1.29, 1.82) is 0 Å². The van der Waals surface area contributed by atoms with Gasteiger partial charge in [-0.05, 0) is 25.5 Å². The van der Waals surface area contributed by atoms with Gasteiger partial charge in [0.25, 0.3) is 0 Å². The van der Waals surface area contributed by atoms with Gasteiger partial charge in [-0.15, -0.1) is 0 Å². The highest BCUT2D eigenvalue weighted by Gasteiger charge is 2.42. The molecule has 2 amide bonds. The van der Waals surface area contributed by atoms with Crippen LogP contribution in [-0.2, 0) is 4.79 Å². The summed E-state index contributed by atoms with van der Waals surface area (Å²) in [6.07, 6.45) is 0.408. The molecule has 1 aromatic carbocycles. The lowest BCUT2D eigenvalue weighted by Gasteiger charge is -2.21. The molecule has 2 rings (SSSR count). The number of halogens is 3. The number of aliphatic carboxylic acids is 1. The van der Waals surface area contributed by atoms with Gasteiger partial charge in [0.2, 0.25) is 0 Å². The molecule has 1 unspecified atom stereocenters. The van der Waals surface area contributed by atoms with Gasteiger partial charge in [0.15, 0.2) is 0 Å². The second-order valence-corrected chi connectivity index (χ2v) is 6.44. The molecule has 1 aliphatic heterocycles. The van der Waals surface area contributed by atoms with Crippen LogP contribution in [0.25, 0.3) is 0 Å². The molecule has 1 heterocycles. The molecule has 114 valence electrons. The molecule has 0 saturated carbocycles. The zero-order valence-electron chi connectivity index (χ0n) is 11.1. The van der Waals surface area contributed by atoms with Crippen molar-refractivity contribution in [2.45, 2.75) is 13.3 Å². The van der Waals surface area contributed by atoms with E-state index in [-0.39, 0.29) is 16.6 Å². The van der Waals surface area contributed by atoms with E-state index in [1.807, 2.05) is 0 Å². The number of amides is 2. The number of carboxylic acid groups (broad SMARTS) is 1. The van der Waals surface area contributed by atoms with Gasteiger partial charge < -0.3 is 15.3 Å². The molecule has 1 atom stereocenters. The third-order valence-corrected chi connectivity index (χ3v) is 4.56. The Hall–Kier alpha value is -1.17. The first-order valence-corrected chi connectivity index (χ1v) is 7.30. The third kappa shape index (κ3) is 3.36. The predicted octanol–water partition coefficient (Wildman–Crippen LogP) is 3.98. The number of anilines is 1. The van der Waals surface area contributed by atoms with Gasteiger partial charge in [0, 0.05) is 13.1 Å². The molecule has 2 N–H and O–H groups in total. The van der Waals surface area contributed by atoms with Crippen molar-refractivity contribution < 1.29 is 14.7 Å². The second kappa shape index (κ2) is 5.91. The summed E-state index contributed by atoms with van der Waals surface area (Å²) in [5, 5.41) is 12.6. The molecular formula is C13H13Cl3N2O3. The van der Waals surface area contributed by atoms with E-state index in [2.05, 4.69) is 5.32 Å². The number of hydrogen-bond donors (Lipinski definition) is 2. The number of rotatable bonds is 2. The standard InChI is InChI=1S/C13H13Cl3N2O3/c1-13(11(19)20)2-3-18(6-13)12(21)17-10-5-8(15)7(14)4-9(10)16/h4-5H,2-3,6H2,1H3,(H,17,21)(H,19,20). The number of carbonyl (C=O) groups is 2. The summed E-state index contributed by atoms with van der Waals surface area (Å²) in [4.78, 5) is 24.8. The van der Waals surface area contributed by atoms with Crippen molar-refractivity contribution in [1.82, 2.24) is 4.90 Å². The maximum atomic E-state index is 12.2. The van der Waals surface area contributed by atoms with Crippen LogP contribution in [0.3, 0.4) is 0 Å². The largest absolute Gasteiger partial charge is 0.481 e. The summed E-state index contributed by atoms with van der Waals surface area (Å²) in [5.74, 6) is -0.912. The number of carboxylic acids is 1. The Bertz CT molecular complexity index is 609.